The number of hydrogen-bond donors (Lipinski definition) is 0. The van der Waals surface area contributed by atoms with Crippen molar-refractivity contribution < 1.29 is 0 Å². The van der Waals surface area contributed by atoms with Crippen LogP contribution in [0.1, 0.15) is 0 Å². The summed E-state index contributed by atoms with van der Waals surface area (Å²) < 4.78 is 0. The van der Waals surface area contributed by atoms with Crippen molar-refractivity contribution in [1.82, 2.24) is 0 Å². The van der Waals surface area contributed by atoms with Gasteiger partial charge in [0.15, 0.2) is 0 Å². The highest BCUT2D eigenvalue weighted by atomic mass is 14.3. The molecule has 0 unspecified atom stereocenters. The van der Waals surface area contributed by atoms with Gasteiger partial charge in [0.25, 0.3) is 0 Å². The first-order chi connectivity index (χ1) is 30.7. The lowest BCUT2D eigenvalue weighted by molar-refractivity contribution is 1.83. The zero-order chi connectivity index (χ0) is 49.1. The lowest BCUT2D eigenvalue weighted by atomic mass is 9.55. The van der Waals surface area contributed by atoms with E-state index in [1.165, 1.54) is 219 Å². The highest BCUT2D eigenvalue weighted by Crippen LogP contribution is 2.39. The molecule has 0 nitrogen and oxygen atoms in total. The van der Waals surface area contributed by atoms with Crippen LogP contribution < -0.4 is 142 Å². The largest absolute Gasteiger partial charge is 0.140 e. The molecule has 0 saturated carbocycles. The van der Waals surface area contributed by atoms with E-state index in [1.807, 2.05) is 0 Å². The Kier molecular flexibility index (Phi) is 12.3. The number of rotatable bonds is 3. The van der Waals surface area contributed by atoms with Crippen LogP contribution in [-0.4, -0.2) is 204 Å². The van der Waals surface area contributed by atoms with E-state index in [4.69, 9.17) is 0 Å². The van der Waals surface area contributed by atoms with Crippen LogP contribution in [0.15, 0.2) is 0 Å². The third kappa shape index (κ3) is 6.29. The molecule has 0 radical (unpaired) electrons. The lowest BCUT2D eigenvalue weighted by Gasteiger charge is -2.33. The van der Waals surface area contributed by atoms with Crippen LogP contribution in [0.3, 0.4) is 0 Å². The fourth-order valence-electron chi connectivity index (χ4n) is 13.2. The summed E-state index contributed by atoms with van der Waals surface area (Å²) in [5.41, 5.74) is 45.1. The highest BCUT2D eigenvalue weighted by Gasteiger charge is 2.31. The average molecular weight is 814 g/mol. The minimum absolute atomic E-state index is 1.39. The Morgan fingerprint density at radius 1 is 0.0909 bits per heavy atom. The fraction of sp³-hybridized carbons (Fsp3) is 0. The van der Waals surface area contributed by atoms with Gasteiger partial charge in [-0.05, 0) is 76.5 Å². The predicted molar refractivity (Wildman–Crippen MR) is 385 cm³/mol. The summed E-state index contributed by atoms with van der Waals surface area (Å²) in [6.07, 6.45) is 0. The smallest absolute Gasteiger partial charge is 0.102 e. The third-order valence-electron chi connectivity index (χ3n) is 19.4. The first kappa shape index (κ1) is 48.9. The minimum Gasteiger partial charge on any atom is -0.102 e. The van der Waals surface area contributed by atoms with E-state index in [0.717, 1.165) is 0 Å². The molecule has 0 aliphatic rings. The molecule has 0 atom stereocenters. The molecule has 0 heterocycles. The Labute approximate surface area is 419 Å². The molecule has 0 aliphatic heterocycles. The molecule has 0 spiro atoms. The van der Waals surface area contributed by atoms with E-state index in [-0.39, 0.29) is 0 Å². The summed E-state index contributed by atoms with van der Waals surface area (Å²) in [6, 6.07) is 0. The normalized spacial score (nSPS) is 11.7. The Morgan fingerprint density at radius 2 is 0.258 bits per heavy atom. The van der Waals surface area contributed by atoms with Gasteiger partial charge in [-0.25, -0.2) is 0 Å². The van der Waals surface area contributed by atoms with E-state index in [9.17, 15) is 0 Å². The topological polar surface area (TPSA) is 0 Å². The predicted octanol–water partition coefficient (Wildman–Crippen LogP) is -34.0. The van der Waals surface area contributed by atoms with Gasteiger partial charge in [-0.1, -0.05) is 76.5 Å². The van der Waals surface area contributed by atoms with E-state index in [2.05, 4.69) is 204 Å². The summed E-state index contributed by atoms with van der Waals surface area (Å²) in [5.74, 6) is 0. The Balaban J connectivity index is 1.76. The first-order valence-corrected chi connectivity index (χ1v) is 24.8. The van der Waals surface area contributed by atoms with Gasteiger partial charge in [-0.2, -0.15) is 0 Å². The van der Waals surface area contributed by atoms with Crippen molar-refractivity contribution in [2.24, 2.45) is 0 Å². The maximum Gasteiger partial charge on any atom is 0.140 e. The van der Waals surface area contributed by atoms with Gasteiger partial charge >= 0.3 is 0 Å². The molecule has 0 aromatic heterocycles. The third-order valence-corrected chi connectivity index (χ3v) is 19.4. The quantitative estimate of drug-likeness (QED) is 0.0947. The average Bonchev–Trinajstić information content (AvgIpc) is 3.28. The molecule has 0 saturated heterocycles. The Morgan fingerprint density at radius 3 is 0.561 bits per heavy atom. The molecule has 8 aromatic carbocycles. The maximum absolute atomic E-state index is 2.49. The standard InChI is InChI=1S/C40H52B26/c41-15-9(7-8(22(48)35(61)34(60)21(7)47)10-14(15)28(54)37(63)36(62)23(10)49)13-16(42)11(24(50)29(55)27(13)53)1-3-5(19(45)32(58)30(56)17(3)43)2(6-4(1)18(44)31(57)33(59)20(6)46)12-25(51)38(64)40(66)39(65)26(12)52/h41-66H2. The number of benzene rings is 8. The van der Waals surface area contributed by atoms with Gasteiger partial charge in [0.05, 0.1) is 0 Å². The zero-order valence-electron chi connectivity index (χ0n) is 46.0. The molecule has 0 bridgehead atoms. The SMILES string of the molecule is Bc1c(B)c(B)c(-c2c3c(B)c(B)c(B)c(B)c3c(-c3c(B)c(B)c(B)c(-c4c(B)c5c(B)c(B)c(B)c(B)c5c5c(B)c(B)c(B)c(B)c45)c3B)c3c(B)c(B)c(B)c(B)c23)c(B)c1B. The molecule has 0 amide bonds. The molecule has 0 aliphatic carbocycles. The fourth-order valence-corrected chi connectivity index (χ4v) is 13.2. The molecular formula is C40H52B26. The van der Waals surface area contributed by atoms with Crippen LogP contribution in [0.4, 0.5) is 0 Å². The van der Waals surface area contributed by atoms with Crippen molar-refractivity contribution >= 4 is 389 Å². The summed E-state index contributed by atoms with van der Waals surface area (Å²) in [6.45, 7) is 0. The molecule has 66 heavy (non-hydrogen) atoms. The summed E-state index contributed by atoms with van der Waals surface area (Å²) >= 11 is 0. The Bertz CT molecular complexity index is 3540. The summed E-state index contributed by atoms with van der Waals surface area (Å²) in [4.78, 5) is 0. The first-order valence-electron chi connectivity index (χ1n) is 24.8. The molecule has 8 aromatic rings. The molecular weight excluding hydrogens is 762 g/mol. The highest BCUT2D eigenvalue weighted by molar-refractivity contribution is 6.77. The maximum atomic E-state index is 2.49. The molecule has 290 valence electrons. The van der Waals surface area contributed by atoms with Gasteiger partial charge in [0.2, 0.25) is 0 Å². The van der Waals surface area contributed by atoms with Crippen molar-refractivity contribution in [3.63, 3.8) is 0 Å². The molecule has 0 N–H and O–H groups in total. The molecule has 8 rings (SSSR count). The Hall–Kier alpha value is -3.51. The number of fused-ring (bicyclic) bond motifs is 5. The second-order valence-electron chi connectivity index (χ2n) is 21.5. The van der Waals surface area contributed by atoms with Crippen LogP contribution in [0.2, 0.25) is 0 Å². The number of hydrogen-bond acceptors (Lipinski definition) is 0. The zero-order valence-corrected chi connectivity index (χ0v) is 46.0. The van der Waals surface area contributed by atoms with E-state index in [0.29, 0.717) is 0 Å². The van der Waals surface area contributed by atoms with E-state index >= 15 is 0 Å². The van der Waals surface area contributed by atoms with Crippen LogP contribution >= 0.6 is 0 Å². The van der Waals surface area contributed by atoms with Crippen LogP contribution in [0, 0.1) is 0 Å². The second kappa shape index (κ2) is 16.6. The monoisotopic (exact) mass is 819 g/mol. The van der Waals surface area contributed by atoms with Crippen molar-refractivity contribution in [2.45, 2.75) is 0 Å². The van der Waals surface area contributed by atoms with E-state index < -0.39 is 0 Å². The van der Waals surface area contributed by atoms with Gasteiger partial charge in [0, 0.05) is 0 Å². The minimum atomic E-state index is 1.39. The lowest BCUT2D eigenvalue weighted by Crippen LogP contribution is -2.55. The molecule has 26 heteroatoms. The van der Waals surface area contributed by atoms with Gasteiger partial charge in [0.1, 0.15) is 204 Å². The van der Waals surface area contributed by atoms with Gasteiger partial charge < -0.3 is 0 Å². The van der Waals surface area contributed by atoms with Gasteiger partial charge in [-0.15, -0.1) is 65.6 Å². The van der Waals surface area contributed by atoms with Gasteiger partial charge in [-0.3, -0.25) is 0 Å². The van der Waals surface area contributed by atoms with E-state index in [1.54, 1.807) is 0 Å². The van der Waals surface area contributed by atoms with Crippen molar-refractivity contribution in [3.8, 4) is 33.4 Å². The van der Waals surface area contributed by atoms with Crippen LogP contribution in [-0.2, 0) is 0 Å². The summed E-state index contributed by atoms with van der Waals surface area (Å²) in [5, 5.41) is 11.5. The van der Waals surface area contributed by atoms with Crippen LogP contribution in [0.25, 0.3) is 76.5 Å². The molecule has 0 fully saturated rings. The van der Waals surface area contributed by atoms with Crippen molar-refractivity contribution in [2.75, 3.05) is 0 Å². The van der Waals surface area contributed by atoms with Crippen molar-refractivity contribution in [1.29, 1.82) is 0 Å². The van der Waals surface area contributed by atoms with Crippen molar-refractivity contribution in [3.05, 3.63) is 0 Å². The summed E-state index contributed by atoms with van der Waals surface area (Å²) in [7, 11) is 62.1. The van der Waals surface area contributed by atoms with Crippen LogP contribution in [0.5, 0.6) is 0 Å². The second-order valence-corrected chi connectivity index (χ2v) is 21.5.